The molecular formula is C16H19N6O+. The minimum absolute atomic E-state index is 0.0778. The van der Waals surface area contributed by atoms with Crippen LogP contribution < -0.4 is 10.3 Å². The van der Waals surface area contributed by atoms with E-state index in [1.165, 1.54) is 0 Å². The van der Waals surface area contributed by atoms with Crippen LogP contribution in [0.5, 0.6) is 0 Å². The van der Waals surface area contributed by atoms with Gasteiger partial charge in [-0.15, -0.1) is 0 Å². The molecule has 3 N–H and O–H groups in total. The van der Waals surface area contributed by atoms with E-state index in [9.17, 15) is 4.79 Å². The molecule has 0 unspecified atom stereocenters. The fourth-order valence-corrected chi connectivity index (χ4v) is 3.04. The average Bonchev–Trinajstić information content (AvgIpc) is 3.20. The molecule has 0 fully saturated rings. The highest BCUT2D eigenvalue weighted by atomic mass is 16.1. The lowest BCUT2D eigenvalue weighted by atomic mass is 10.1. The Hall–Kier alpha value is -2.70. The Morgan fingerprint density at radius 1 is 1.57 bits per heavy atom. The second kappa shape index (κ2) is 5.49. The first-order chi connectivity index (χ1) is 11.2. The third kappa shape index (κ3) is 2.48. The van der Waals surface area contributed by atoms with E-state index >= 15 is 0 Å². The number of rotatable bonds is 3. The Bertz CT molecular complexity index is 864. The fourth-order valence-electron chi connectivity index (χ4n) is 3.04. The molecule has 0 spiro atoms. The monoisotopic (exact) mass is 311 g/mol. The number of aromatic nitrogens is 5. The molecule has 23 heavy (non-hydrogen) atoms. The van der Waals surface area contributed by atoms with Crippen LogP contribution >= 0.6 is 0 Å². The van der Waals surface area contributed by atoms with Crippen molar-refractivity contribution in [3.8, 4) is 0 Å². The van der Waals surface area contributed by atoms with Gasteiger partial charge in [0.1, 0.15) is 12.0 Å². The zero-order valence-corrected chi connectivity index (χ0v) is 13.0. The van der Waals surface area contributed by atoms with Crippen molar-refractivity contribution in [3.63, 3.8) is 0 Å². The van der Waals surface area contributed by atoms with Crippen molar-refractivity contribution in [2.75, 3.05) is 0 Å². The summed E-state index contributed by atoms with van der Waals surface area (Å²) in [4.78, 5) is 23.3. The van der Waals surface area contributed by atoms with Gasteiger partial charge in [0.15, 0.2) is 5.82 Å². The second-order valence-corrected chi connectivity index (χ2v) is 5.83. The maximum atomic E-state index is 12.6. The van der Waals surface area contributed by atoms with Gasteiger partial charge in [0, 0.05) is 13.0 Å². The smallest absolute Gasteiger partial charge is 0.284 e. The van der Waals surface area contributed by atoms with Crippen LogP contribution in [0.4, 0.5) is 0 Å². The largest absolute Gasteiger partial charge is 0.342 e. The third-order valence-corrected chi connectivity index (χ3v) is 4.26. The molecule has 7 nitrogen and oxygen atoms in total. The molecule has 3 aromatic rings. The van der Waals surface area contributed by atoms with E-state index in [1.54, 1.807) is 6.20 Å². The van der Waals surface area contributed by atoms with Gasteiger partial charge in [-0.3, -0.25) is 4.79 Å². The van der Waals surface area contributed by atoms with Gasteiger partial charge in [-0.2, -0.15) is 5.10 Å². The standard InChI is InChI=1S/C16H18N6O/c1-2-13-20-15-12(4-3-7-22(15)21-13)19-16(23)11-8-10-5-6-17-14(10)18-9-11/h5-6,8-9,12H,2-4,7H2,1H3,(H,17,18)(H,19,23)/p+1/t12-/m1/s1. The van der Waals surface area contributed by atoms with Crippen LogP contribution in [0.2, 0.25) is 0 Å². The Labute approximate surface area is 133 Å². The highest BCUT2D eigenvalue weighted by Gasteiger charge is 2.26. The van der Waals surface area contributed by atoms with Crippen molar-refractivity contribution in [3.05, 3.63) is 41.7 Å². The number of aromatic amines is 2. The van der Waals surface area contributed by atoms with Gasteiger partial charge >= 0.3 is 0 Å². The number of pyridine rings is 1. The summed E-state index contributed by atoms with van der Waals surface area (Å²) >= 11 is 0. The van der Waals surface area contributed by atoms with Crippen molar-refractivity contribution in [2.24, 2.45) is 0 Å². The van der Waals surface area contributed by atoms with Gasteiger partial charge in [-0.1, -0.05) is 6.92 Å². The summed E-state index contributed by atoms with van der Waals surface area (Å²) in [5.74, 6) is 1.61. The topological polar surface area (TPSA) is 89.7 Å². The van der Waals surface area contributed by atoms with Gasteiger partial charge in [-0.25, -0.2) is 19.6 Å². The minimum Gasteiger partial charge on any atom is -0.342 e. The van der Waals surface area contributed by atoms with Gasteiger partial charge < -0.3 is 5.32 Å². The summed E-state index contributed by atoms with van der Waals surface area (Å²) in [5.41, 5.74) is 1.52. The van der Waals surface area contributed by atoms with E-state index in [0.717, 1.165) is 48.5 Å². The van der Waals surface area contributed by atoms with Gasteiger partial charge in [0.2, 0.25) is 0 Å². The predicted octanol–water partition coefficient (Wildman–Crippen LogP) is 1.40. The van der Waals surface area contributed by atoms with E-state index in [2.05, 4.69) is 25.4 Å². The Morgan fingerprint density at radius 3 is 3.35 bits per heavy atom. The number of hydrogen-bond donors (Lipinski definition) is 2. The predicted molar refractivity (Wildman–Crippen MR) is 83.7 cm³/mol. The molecular weight excluding hydrogens is 292 g/mol. The van der Waals surface area contributed by atoms with E-state index in [4.69, 9.17) is 0 Å². The van der Waals surface area contributed by atoms with Crippen LogP contribution in [-0.4, -0.2) is 25.7 Å². The van der Waals surface area contributed by atoms with Crippen molar-refractivity contribution in [1.82, 2.24) is 25.1 Å². The lowest BCUT2D eigenvalue weighted by Crippen LogP contribution is -2.33. The average molecular weight is 311 g/mol. The maximum absolute atomic E-state index is 12.6. The first kappa shape index (κ1) is 13.9. The maximum Gasteiger partial charge on any atom is 0.284 e. The molecule has 0 bridgehead atoms. The van der Waals surface area contributed by atoms with Crippen LogP contribution in [-0.2, 0) is 13.0 Å². The summed E-state index contributed by atoms with van der Waals surface area (Å²) in [6.45, 7) is 2.91. The Kier molecular flexibility index (Phi) is 3.33. The number of nitrogens with one attached hydrogen (secondary N) is 3. The van der Waals surface area contributed by atoms with Crippen molar-refractivity contribution in [2.45, 2.75) is 38.8 Å². The van der Waals surface area contributed by atoms with Crippen LogP contribution in [0, 0.1) is 0 Å². The number of H-pyrrole nitrogens is 2. The molecule has 1 aliphatic heterocycles. The Balaban J connectivity index is 1.58. The number of fused-ring (bicyclic) bond motifs is 2. The first-order valence-electron chi connectivity index (χ1n) is 7.98. The van der Waals surface area contributed by atoms with E-state index in [-0.39, 0.29) is 11.9 Å². The molecule has 1 aliphatic rings. The summed E-state index contributed by atoms with van der Waals surface area (Å²) in [7, 11) is 0. The molecule has 0 radical (unpaired) electrons. The van der Waals surface area contributed by atoms with Crippen LogP contribution in [0.25, 0.3) is 11.0 Å². The quantitative estimate of drug-likeness (QED) is 0.766. The molecule has 4 rings (SSSR count). The summed E-state index contributed by atoms with van der Waals surface area (Å²) < 4.78 is 1.93. The fraction of sp³-hybridized carbons (Fsp3) is 0.375. The third-order valence-electron chi connectivity index (χ3n) is 4.26. The molecule has 0 aromatic carbocycles. The number of carbonyl (C=O) groups is 1. The molecule has 1 amide bonds. The number of aryl methyl sites for hydroxylation is 2. The van der Waals surface area contributed by atoms with Gasteiger partial charge in [0.05, 0.1) is 23.2 Å². The number of nitrogens with zero attached hydrogens (tertiary/aromatic N) is 3. The molecule has 1 atom stereocenters. The molecule has 0 aliphatic carbocycles. The summed E-state index contributed by atoms with van der Waals surface area (Å²) in [5, 5.41) is 8.55. The highest BCUT2D eigenvalue weighted by Crippen LogP contribution is 2.23. The number of carbonyl (C=O) groups excluding carboxylic acids is 1. The minimum atomic E-state index is -0.0937. The molecule has 4 heterocycles. The van der Waals surface area contributed by atoms with Gasteiger partial charge in [-0.05, 0) is 25.0 Å². The van der Waals surface area contributed by atoms with E-state index in [1.807, 2.05) is 29.9 Å². The Morgan fingerprint density at radius 2 is 2.48 bits per heavy atom. The molecule has 118 valence electrons. The lowest BCUT2D eigenvalue weighted by Gasteiger charge is -2.22. The lowest BCUT2D eigenvalue weighted by molar-refractivity contribution is -0.347. The summed E-state index contributed by atoms with van der Waals surface area (Å²) in [6.07, 6.45) is 6.26. The van der Waals surface area contributed by atoms with Crippen molar-refractivity contribution >= 4 is 16.9 Å². The summed E-state index contributed by atoms with van der Waals surface area (Å²) in [6, 6.07) is 3.74. The zero-order chi connectivity index (χ0) is 15.8. The molecule has 0 saturated carbocycles. The van der Waals surface area contributed by atoms with Crippen LogP contribution in [0.1, 0.15) is 47.8 Å². The van der Waals surface area contributed by atoms with Crippen molar-refractivity contribution < 1.29 is 9.78 Å². The highest BCUT2D eigenvalue weighted by molar-refractivity contribution is 5.96. The number of hydrogen-bond acceptors (Lipinski definition) is 3. The van der Waals surface area contributed by atoms with Crippen LogP contribution in [0.3, 0.4) is 0 Å². The molecule has 0 saturated heterocycles. The SMILES string of the molecule is CCc1nc2n(n1)CCC[C@H]2NC(=O)c1c[nH+]c2[nH]ccc2c1. The molecule has 3 aromatic heterocycles. The second-order valence-electron chi connectivity index (χ2n) is 5.83. The van der Waals surface area contributed by atoms with E-state index in [0.29, 0.717) is 5.56 Å². The van der Waals surface area contributed by atoms with Crippen molar-refractivity contribution in [1.29, 1.82) is 0 Å². The van der Waals surface area contributed by atoms with Gasteiger partial charge in [0.25, 0.3) is 11.6 Å². The van der Waals surface area contributed by atoms with Crippen LogP contribution in [0.15, 0.2) is 24.5 Å². The van der Waals surface area contributed by atoms with E-state index < -0.39 is 0 Å². The normalized spacial score (nSPS) is 17.2. The first-order valence-corrected chi connectivity index (χ1v) is 7.98. The molecule has 7 heteroatoms. The number of amides is 1. The zero-order valence-electron chi connectivity index (χ0n) is 13.0.